The van der Waals surface area contributed by atoms with Gasteiger partial charge in [-0.25, -0.2) is 0 Å². The standard InChI is InChI=1S/C9H21FN2/c1-2-7-12(8-3-5-10)9-4-6-11/h2-9,11H2,1H3. The molecule has 0 aromatic heterocycles. The quantitative estimate of drug-likeness (QED) is 0.606. The fourth-order valence-corrected chi connectivity index (χ4v) is 1.25. The molecule has 0 radical (unpaired) electrons. The zero-order valence-corrected chi connectivity index (χ0v) is 8.06. The monoisotopic (exact) mass is 176 g/mol. The molecule has 0 aliphatic rings. The minimum atomic E-state index is -0.206. The van der Waals surface area contributed by atoms with Gasteiger partial charge in [-0.2, -0.15) is 0 Å². The summed E-state index contributed by atoms with van der Waals surface area (Å²) in [5.74, 6) is 0. The van der Waals surface area contributed by atoms with Crippen LogP contribution in [0.25, 0.3) is 0 Å². The van der Waals surface area contributed by atoms with Gasteiger partial charge in [0.1, 0.15) is 0 Å². The van der Waals surface area contributed by atoms with Gasteiger partial charge in [-0.05, 0) is 38.9 Å². The van der Waals surface area contributed by atoms with Crippen molar-refractivity contribution in [3.8, 4) is 0 Å². The largest absolute Gasteiger partial charge is 0.330 e. The van der Waals surface area contributed by atoms with Crippen molar-refractivity contribution in [2.75, 3.05) is 32.9 Å². The SMILES string of the molecule is CCCN(CCCN)CCCF. The Morgan fingerprint density at radius 3 is 2.33 bits per heavy atom. The van der Waals surface area contributed by atoms with E-state index in [9.17, 15) is 4.39 Å². The van der Waals surface area contributed by atoms with Gasteiger partial charge in [0.15, 0.2) is 0 Å². The molecule has 0 spiro atoms. The summed E-state index contributed by atoms with van der Waals surface area (Å²) in [7, 11) is 0. The van der Waals surface area contributed by atoms with Crippen LogP contribution in [-0.4, -0.2) is 37.8 Å². The molecule has 0 aliphatic carbocycles. The van der Waals surface area contributed by atoms with Crippen LogP contribution in [0.1, 0.15) is 26.2 Å². The maximum Gasteiger partial charge on any atom is 0.0906 e. The number of rotatable bonds is 8. The number of hydrogen-bond acceptors (Lipinski definition) is 2. The van der Waals surface area contributed by atoms with Gasteiger partial charge in [-0.3, -0.25) is 4.39 Å². The maximum absolute atomic E-state index is 11.9. The van der Waals surface area contributed by atoms with E-state index in [1.165, 1.54) is 0 Å². The lowest BCUT2D eigenvalue weighted by molar-refractivity contribution is 0.257. The van der Waals surface area contributed by atoms with E-state index in [0.717, 1.165) is 39.0 Å². The Hall–Kier alpha value is -0.150. The lowest BCUT2D eigenvalue weighted by Gasteiger charge is -2.20. The van der Waals surface area contributed by atoms with Crippen molar-refractivity contribution < 1.29 is 4.39 Å². The average Bonchev–Trinajstić information content (AvgIpc) is 2.10. The van der Waals surface area contributed by atoms with Gasteiger partial charge in [-0.15, -0.1) is 0 Å². The second-order valence-electron chi connectivity index (χ2n) is 3.03. The topological polar surface area (TPSA) is 29.3 Å². The first kappa shape index (κ1) is 11.8. The summed E-state index contributed by atoms with van der Waals surface area (Å²) in [6.07, 6.45) is 2.81. The first-order valence-corrected chi connectivity index (χ1v) is 4.83. The third kappa shape index (κ3) is 6.55. The fourth-order valence-electron chi connectivity index (χ4n) is 1.25. The highest BCUT2D eigenvalue weighted by Crippen LogP contribution is 1.95. The Labute approximate surface area is 74.9 Å². The summed E-state index contributed by atoms with van der Waals surface area (Å²) in [5.41, 5.74) is 5.40. The molecule has 0 bridgehead atoms. The van der Waals surface area contributed by atoms with E-state index in [-0.39, 0.29) is 6.67 Å². The molecule has 0 amide bonds. The molecule has 0 rings (SSSR count). The van der Waals surface area contributed by atoms with Crippen LogP contribution in [0.4, 0.5) is 4.39 Å². The molecule has 12 heavy (non-hydrogen) atoms. The van der Waals surface area contributed by atoms with E-state index in [0.29, 0.717) is 6.42 Å². The maximum atomic E-state index is 11.9. The highest BCUT2D eigenvalue weighted by Gasteiger charge is 2.01. The summed E-state index contributed by atoms with van der Waals surface area (Å²) in [6.45, 7) is 5.64. The first-order valence-electron chi connectivity index (χ1n) is 4.83. The van der Waals surface area contributed by atoms with Gasteiger partial charge in [-0.1, -0.05) is 6.92 Å². The normalized spacial score (nSPS) is 11.0. The molecular weight excluding hydrogens is 155 g/mol. The third-order valence-corrected chi connectivity index (χ3v) is 1.83. The second kappa shape index (κ2) is 8.94. The molecule has 0 heterocycles. The van der Waals surface area contributed by atoms with Gasteiger partial charge in [0, 0.05) is 6.54 Å². The van der Waals surface area contributed by atoms with Crippen molar-refractivity contribution in [1.82, 2.24) is 4.90 Å². The summed E-state index contributed by atoms with van der Waals surface area (Å²) >= 11 is 0. The number of alkyl halides is 1. The lowest BCUT2D eigenvalue weighted by Crippen LogP contribution is -2.28. The van der Waals surface area contributed by atoms with Crippen molar-refractivity contribution in [2.45, 2.75) is 26.2 Å². The van der Waals surface area contributed by atoms with E-state index in [2.05, 4.69) is 11.8 Å². The van der Waals surface area contributed by atoms with Gasteiger partial charge >= 0.3 is 0 Å². The molecule has 0 aliphatic heterocycles. The number of nitrogens with zero attached hydrogens (tertiary/aromatic N) is 1. The lowest BCUT2D eigenvalue weighted by atomic mass is 10.3. The zero-order valence-electron chi connectivity index (χ0n) is 8.06. The van der Waals surface area contributed by atoms with Crippen LogP contribution < -0.4 is 5.73 Å². The molecule has 0 unspecified atom stereocenters. The molecule has 2 nitrogen and oxygen atoms in total. The third-order valence-electron chi connectivity index (χ3n) is 1.83. The Kier molecular flexibility index (Phi) is 8.83. The van der Waals surface area contributed by atoms with E-state index >= 15 is 0 Å². The zero-order chi connectivity index (χ0) is 9.23. The van der Waals surface area contributed by atoms with Crippen LogP contribution >= 0.6 is 0 Å². The van der Waals surface area contributed by atoms with Crippen molar-refractivity contribution >= 4 is 0 Å². The first-order chi connectivity index (χ1) is 5.85. The van der Waals surface area contributed by atoms with E-state index < -0.39 is 0 Å². The minimum absolute atomic E-state index is 0.206. The summed E-state index contributed by atoms with van der Waals surface area (Å²) in [5, 5.41) is 0. The highest BCUT2D eigenvalue weighted by atomic mass is 19.1. The van der Waals surface area contributed by atoms with E-state index in [1.807, 2.05) is 0 Å². The Bertz CT molecular complexity index is 80.6. The molecule has 0 fully saturated rings. The van der Waals surface area contributed by atoms with Crippen molar-refractivity contribution in [3.05, 3.63) is 0 Å². The summed E-state index contributed by atoms with van der Waals surface area (Å²) < 4.78 is 11.9. The van der Waals surface area contributed by atoms with Crippen LogP contribution in [-0.2, 0) is 0 Å². The Balaban J connectivity index is 3.40. The van der Waals surface area contributed by atoms with Crippen molar-refractivity contribution in [2.24, 2.45) is 5.73 Å². The van der Waals surface area contributed by atoms with Crippen LogP contribution in [0.2, 0.25) is 0 Å². The summed E-state index contributed by atoms with van der Waals surface area (Å²) in [6, 6.07) is 0. The molecule has 0 saturated heterocycles. The summed E-state index contributed by atoms with van der Waals surface area (Å²) in [4.78, 5) is 2.28. The molecule has 74 valence electrons. The Morgan fingerprint density at radius 2 is 1.83 bits per heavy atom. The molecule has 0 atom stereocenters. The molecule has 0 saturated carbocycles. The highest BCUT2D eigenvalue weighted by molar-refractivity contribution is 4.57. The van der Waals surface area contributed by atoms with Crippen LogP contribution in [0.3, 0.4) is 0 Å². The Morgan fingerprint density at radius 1 is 1.17 bits per heavy atom. The number of nitrogens with two attached hydrogens (primary N) is 1. The van der Waals surface area contributed by atoms with Crippen LogP contribution in [0, 0.1) is 0 Å². The predicted molar refractivity (Wildman–Crippen MR) is 51.0 cm³/mol. The van der Waals surface area contributed by atoms with Gasteiger partial charge in [0.05, 0.1) is 6.67 Å². The van der Waals surface area contributed by atoms with Crippen LogP contribution in [0.5, 0.6) is 0 Å². The molecule has 2 N–H and O–H groups in total. The predicted octanol–water partition coefficient (Wildman–Crippen LogP) is 1.41. The van der Waals surface area contributed by atoms with Gasteiger partial charge in [0.2, 0.25) is 0 Å². The van der Waals surface area contributed by atoms with Crippen molar-refractivity contribution in [1.29, 1.82) is 0 Å². The average molecular weight is 176 g/mol. The number of hydrogen-bond donors (Lipinski definition) is 1. The van der Waals surface area contributed by atoms with Gasteiger partial charge < -0.3 is 10.6 Å². The fraction of sp³-hybridized carbons (Fsp3) is 1.00. The van der Waals surface area contributed by atoms with Crippen LogP contribution in [0.15, 0.2) is 0 Å². The minimum Gasteiger partial charge on any atom is -0.330 e. The van der Waals surface area contributed by atoms with E-state index in [4.69, 9.17) is 5.73 Å². The number of halogens is 1. The molecule has 3 heteroatoms. The smallest absolute Gasteiger partial charge is 0.0906 e. The molecule has 0 aromatic rings. The molecular formula is C9H21FN2. The van der Waals surface area contributed by atoms with E-state index in [1.54, 1.807) is 0 Å². The van der Waals surface area contributed by atoms with Crippen molar-refractivity contribution in [3.63, 3.8) is 0 Å². The van der Waals surface area contributed by atoms with Gasteiger partial charge in [0.25, 0.3) is 0 Å². The second-order valence-corrected chi connectivity index (χ2v) is 3.03. The molecule has 0 aromatic carbocycles.